The van der Waals surface area contributed by atoms with E-state index < -0.39 is 5.54 Å². The number of nitrogens with one attached hydrogen (secondary N) is 2. The Morgan fingerprint density at radius 1 is 1.53 bits per heavy atom. The van der Waals surface area contributed by atoms with Crippen molar-refractivity contribution >= 4 is 18.3 Å². The normalized spacial score (nSPS) is 13.5. The Hall–Kier alpha value is -1.40. The summed E-state index contributed by atoms with van der Waals surface area (Å²) in [7, 11) is 0. The molecule has 1 atom stereocenters. The Labute approximate surface area is 118 Å². The van der Waals surface area contributed by atoms with E-state index in [4.69, 9.17) is 5.73 Å². The Morgan fingerprint density at radius 2 is 2.16 bits per heavy atom. The Kier molecular flexibility index (Phi) is 6.72. The number of nitrogens with zero attached hydrogens (tertiary/aromatic N) is 1. The van der Waals surface area contributed by atoms with Gasteiger partial charge in [0.2, 0.25) is 0 Å². The van der Waals surface area contributed by atoms with Crippen molar-refractivity contribution in [2.45, 2.75) is 32.7 Å². The minimum absolute atomic E-state index is 0. The van der Waals surface area contributed by atoms with Gasteiger partial charge in [-0.15, -0.1) is 12.4 Å². The number of aromatic amines is 1. The number of hydrogen-bond acceptors (Lipinski definition) is 4. The molecule has 1 amide bonds. The zero-order valence-corrected chi connectivity index (χ0v) is 12.2. The lowest BCUT2D eigenvalue weighted by molar-refractivity contribution is 0.0892. The highest BCUT2D eigenvalue weighted by molar-refractivity contribution is 5.92. The number of carbonyl (C=O) groups excluding carboxylic acids is 1. The van der Waals surface area contributed by atoms with Crippen LogP contribution in [0.25, 0.3) is 0 Å². The first-order chi connectivity index (χ1) is 8.36. The summed E-state index contributed by atoms with van der Waals surface area (Å²) in [5.74, 6) is 0.0854. The van der Waals surface area contributed by atoms with Crippen molar-refractivity contribution in [1.82, 2.24) is 15.5 Å². The molecule has 108 valence electrons. The van der Waals surface area contributed by atoms with E-state index in [-0.39, 0.29) is 29.6 Å². The van der Waals surface area contributed by atoms with Crippen LogP contribution in [0.1, 0.15) is 37.7 Å². The van der Waals surface area contributed by atoms with Crippen LogP contribution >= 0.6 is 12.4 Å². The van der Waals surface area contributed by atoms with Gasteiger partial charge in [-0.1, -0.05) is 13.8 Å². The van der Waals surface area contributed by atoms with E-state index in [2.05, 4.69) is 29.4 Å². The van der Waals surface area contributed by atoms with E-state index in [0.717, 1.165) is 6.42 Å². The van der Waals surface area contributed by atoms with Gasteiger partial charge in [0, 0.05) is 12.6 Å². The number of hydrogen-bond donors (Lipinski definition) is 3. The largest absolute Gasteiger partial charge is 0.344 e. The van der Waals surface area contributed by atoms with E-state index >= 15 is 0 Å². The van der Waals surface area contributed by atoms with Crippen molar-refractivity contribution < 1.29 is 4.79 Å². The van der Waals surface area contributed by atoms with Crippen LogP contribution in [0.5, 0.6) is 0 Å². The number of halogens is 1. The molecule has 0 aromatic carbocycles. The lowest BCUT2D eigenvalue weighted by atomic mass is 9.90. The molecule has 0 aliphatic rings. The van der Waals surface area contributed by atoms with Crippen LogP contribution in [0.4, 0.5) is 0 Å². The lowest BCUT2D eigenvalue weighted by Gasteiger charge is -2.30. The fourth-order valence-corrected chi connectivity index (χ4v) is 1.90. The van der Waals surface area contributed by atoms with Gasteiger partial charge in [-0.05, 0) is 25.3 Å². The molecule has 0 fully saturated rings. The molecule has 1 rings (SSSR count). The number of nitrogens with two attached hydrogens (primary N) is 1. The first-order valence-corrected chi connectivity index (χ1v) is 5.94. The van der Waals surface area contributed by atoms with Crippen molar-refractivity contribution in [3.8, 4) is 0 Å². The standard InChI is InChI=1S/C12H20N4O2.ClH/c1-8(2)6-12(3,7-13)14-11(18)9-4-5-10(17)16-15-9;/h4-5,8H,6-7,13H2,1-3H3,(H,14,18)(H,16,17);1H. The van der Waals surface area contributed by atoms with Crippen molar-refractivity contribution in [3.05, 3.63) is 28.2 Å². The van der Waals surface area contributed by atoms with Gasteiger partial charge in [0.25, 0.3) is 11.5 Å². The van der Waals surface area contributed by atoms with E-state index in [1.54, 1.807) is 0 Å². The minimum Gasteiger partial charge on any atom is -0.344 e. The smallest absolute Gasteiger partial charge is 0.272 e. The van der Waals surface area contributed by atoms with Crippen LogP contribution < -0.4 is 16.6 Å². The van der Waals surface area contributed by atoms with Crippen LogP contribution in [-0.2, 0) is 0 Å². The average molecular weight is 289 g/mol. The van der Waals surface area contributed by atoms with Gasteiger partial charge in [0.1, 0.15) is 5.69 Å². The second-order valence-corrected chi connectivity index (χ2v) is 5.12. The van der Waals surface area contributed by atoms with Gasteiger partial charge in [0.05, 0.1) is 5.54 Å². The minimum atomic E-state index is -0.469. The zero-order valence-electron chi connectivity index (χ0n) is 11.4. The number of aromatic nitrogens is 2. The number of amides is 1. The summed E-state index contributed by atoms with van der Waals surface area (Å²) in [6.45, 7) is 6.38. The first-order valence-electron chi connectivity index (χ1n) is 5.94. The van der Waals surface area contributed by atoms with Gasteiger partial charge in [-0.25, -0.2) is 5.10 Å². The molecule has 4 N–H and O–H groups in total. The summed E-state index contributed by atoms with van der Waals surface area (Å²) in [6.07, 6.45) is 0.776. The summed E-state index contributed by atoms with van der Waals surface area (Å²) in [4.78, 5) is 22.8. The highest BCUT2D eigenvalue weighted by Gasteiger charge is 2.26. The van der Waals surface area contributed by atoms with Gasteiger partial charge in [-0.3, -0.25) is 9.59 Å². The topological polar surface area (TPSA) is 101 Å². The molecule has 1 aromatic rings. The predicted molar refractivity (Wildman–Crippen MR) is 76.5 cm³/mol. The Bertz CT molecular complexity index is 455. The highest BCUT2D eigenvalue weighted by Crippen LogP contribution is 2.15. The van der Waals surface area contributed by atoms with Crippen LogP contribution in [0.2, 0.25) is 0 Å². The third kappa shape index (κ3) is 5.40. The van der Waals surface area contributed by atoms with E-state index in [0.29, 0.717) is 12.5 Å². The maximum atomic E-state index is 12.0. The van der Waals surface area contributed by atoms with Crippen LogP contribution in [0, 0.1) is 5.92 Å². The molecule has 0 bridgehead atoms. The molecule has 0 saturated carbocycles. The van der Waals surface area contributed by atoms with E-state index in [1.807, 2.05) is 6.92 Å². The molecule has 0 saturated heterocycles. The molecule has 0 aliphatic carbocycles. The third-order valence-corrected chi connectivity index (χ3v) is 2.64. The SMILES string of the molecule is CC(C)CC(C)(CN)NC(=O)c1ccc(=O)[nH]n1.Cl. The summed E-state index contributed by atoms with van der Waals surface area (Å²) >= 11 is 0. The van der Waals surface area contributed by atoms with Crippen molar-refractivity contribution in [1.29, 1.82) is 0 Å². The van der Waals surface area contributed by atoms with Gasteiger partial charge < -0.3 is 11.1 Å². The molecular formula is C12H21ClN4O2. The lowest BCUT2D eigenvalue weighted by Crippen LogP contribution is -2.52. The van der Waals surface area contributed by atoms with E-state index in [1.165, 1.54) is 12.1 Å². The Balaban J connectivity index is 0.00000324. The molecule has 1 heterocycles. The van der Waals surface area contributed by atoms with Gasteiger partial charge >= 0.3 is 0 Å². The Morgan fingerprint density at radius 3 is 2.58 bits per heavy atom. The fourth-order valence-electron chi connectivity index (χ4n) is 1.90. The van der Waals surface area contributed by atoms with Crippen LogP contribution in [0.15, 0.2) is 16.9 Å². The van der Waals surface area contributed by atoms with Crippen LogP contribution in [-0.4, -0.2) is 28.2 Å². The quantitative estimate of drug-likeness (QED) is 0.742. The molecule has 6 nitrogen and oxygen atoms in total. The zero-order chi connectivity index (χ0) is 13.8. The summed E-state index contributed by atoms with van der Waals surface area (Å²) in [5, 5.41) is 8.77. The monoisotopic (exact) mass is 288 g/mol. The number of H-pyrrole nitrogens is 1. The van der Waals surface area contributed by atoms with Crippen molar-refractivity contribution in [2.24, 2.45) is 11.7 Å². The highest BCUT2D eigenvalue weighted by atomic mass is 35.5. The first kappa shape index (κ1) is 17.6. The molecule has 0 aliphatic heterocycles. The van der Waals surface area contributed by atoms with Crippen molar-refractivity contribution in [2.75, 3.05) is 6.54 Å². The van der Waals surface area contributed by atoms with Gasteiger partial charge in [0.15, 0.2) is 0 Å². The summed E-state index contributed by atoms with van der Waals surface area (Å²) in [5.41, 5.74) is 5.08. The molecule has 0 radical (unpaired) electrons. The molecule has 19 heavy (non-hydrogen) atoms. The number of carbonyl (C=O) groups is 1. The number of rotatable bonds is 5. The predicted octanol–water partition coefficient (Wildman–Crippen LogP) is 0.685. The fraction of sp³-hybridized carbons (Fsp3) is 0.583. The summed E-state index contributed by atoms with van der Waals surface area (Å²) in [6, 6.07) is 2.66. The van der Waals surface area contributed by atoms with Gasteiger partial charge in [-0.2, -0.15) is 5.10 Å². The second kappa shape index (κ2) is 7.25. The second-order valence-electron chi connectivity index (χ2n) is 5.12. The maximum Gasteiger partial charge on any atom is 0.272 e. The third-order valence-electron chi connectivity index (χ3n) is 2.64. The average Bonchev–Trinajstić information content (AvgIpc) is 2.28. The maximum absolute atomic E-state index is 12.0. The summed E-state index contributed by atoms with van der Waals surface area (Å²) < 4.78 is 0. The molecular weight excluding hydrogens is 268 g/mol. The molecule has 7 heteroatoms. The molecule has 0 spiro atoms. The molecule has 1 aromatic heterocycles. The van der Waals surface area contributed by atoms with Crippen LogP contribution in [0.3, 0.4) is 0 Å². The van der Waals surface area contributed by atoms with Crippen molar-refractivity contribution in [3.63, 3.8) is 0 Å². The molecule has 1 unspecified atom stereocenters. The van der Waals surface area contributed by atoms with E-state index in [9.17, 15) is 9.59 Å².